The van der Waals surface area contributed by atoms with Crippen molar-refractivity contribution in [1.82, 2.24) is 0 Å². The highest BCUT2D eigenvalue weighted by Crippen LogP contribution is 2.90. The van der Waals surface area contributed by atoms with Gasteiger partial charge in [0.1, 0.15) is 12.2 Å². The van der Waals surface area contributed by atoms with Gasteiger partial charge in [-0.25, -0.2) is 0 Å². The summed E-state index contributed by atoms with van der Waals surface area (Å²) in [6, 6.07) is 0. The van der Waals surface area contributed by atoms with E-state index >= 15 is 0 Å². The molecule has 2 aliphatic heterocycles. The van der Waals surface area contributed by atoms with Crippen LogP contribution in [0.1, 0.15) is 99.3 Å². The smallest absolute Gasteiger partial charge is 0.131 e. The Kier molecular flexibility index (Phi) is 4.17. The van der Waals surface area contributed by atoms with Crippen molar-refractivity contribution in [3.05, 3.63) is 11.8 Å². The van der Waals surface area contributed by atoms with Crippen LogP contribution in [-0.4, -0.2) is 40.2 Å². The van der Waals surface area contributed by atoms with E-state index < -0.39 is 0 Å². The van der Waals surface area contributed by atoms with Crippen LogP contribution >= 0.6 is 0 Å². The third-order valence-electron chi connectivity index (χ3n) is 13.7. The van der Waals surface area contributed by atoms with Crippen LogP contribution < -0.4 is 0 Å². The number of aliphatic hydroxyl groups excluding tert-OH is 2. The summed E-state index contributed by atoms with van der Waals surface area (Å²) in [5, 5.41) is 22.9. The van der Waals surface area contributed by atoms with Crippen molar-refractivity contribution < 1.29 is 19.7 Å². The highest BCUT2D eigenvalue weighted by atomic mass is 16.6. The molecule has 4 nitrogen and oxygen atoms in total. The Bertz CT molecular complexity index is 953. The maximum absolute atomic E-state index is 12.0. The van der Waals surface area contributed by atoms with Gasteiger partial charge in [0.25, 0.3) is 0 Å². The minimum absolute atomic E-state index is 0.00929. The van der Waals surface area contributed by atoms with Crippen LogP contribution in [0.5, 0.6) is 0 Å². The van der Waals surface area contributed by atoms with E-state index in [2.05, 4.69) is 47.8 Å². The predicted molar refractivity (Wildman–Crippen MR) is 131 cm³/mol. The van der Waals surface area contributed by atoms with Gasteiger partial charge in [0.2, 0.25) is 0 Å². The van der Waals surface area contributed by atoms with Gasteiger partial charge in [0.05, 0.1) is 24.1 Å². The van der Waals surface area contributed by atoms with E-state index in [9.17, 15) is 10.2 Å². The zero-order valence-corrected chi connectivity index (χ0v) is 22.2. The maximum Gasteiger partial charge on any atom is 0.131 e. The van der Waals surface area contributed by atoms with E-state index in [1.165, 1.54) is 37.7 Å². The molecule has 1 saturated heterocycles. The maximum atomic E-state index is 12.0. The molecular formula is C30H46O4. The van der Waals surface area contributed by atoms with Gasteiger partial charge in [-0.15, -0.1) is 0 Å². The molecule has 34 heavy (non-hydrogen) atoms. The molecule has 6 fully saturated rings. The first-order valence-electron chi connectivity index (χ1n) is 14.2. The molecule has 11 atom stereocenters. The zero-order valence-electron chi connectivity index (χ0n) is 22.2. The third kappa shape index (κ3) is 2.34. The summed E-state index contributed by atoms with van der Waals surface area (Å²) in [6.45, 7) is 13.9. The summed E-state index contributed by atoms with van der Waals surface area (Å²) in [5.74, 6) is 1.57. The van der Waals surface area contributed by atoms with E-state index in [0.717, 1.165) is 25.7 Å². The molecule has 0 spiro atoms. The lowest BCUT2D eigenvalue weighted by molar-refractivity contribution is -0.241. The van der Waals surface area contributed by atoms with Crippen molar-refractivity contribution in [2.24, 2.45) is 44.8 Å². The van der Waals surface area contributed by atoms with Gasteiger partial charge in [0.15, 0.2) is 0 Å². The molecule has 5 saturated carbocycles. The fourth-order valence-electron chi connectivity index (χ4n) is 11.9. The van der Waals surface area contributed by atoms with Crippen LogP contribution in [0.3, 0.4) is 0 Å². The van der Waals surface area contributed by atoms with Gasteiger partial charge >= 0.3 is 0 Å². The molecule has 4 heteroatoms. The molecule has 0 unspecified atom stereocenters. The quantitative estimate of drug-likeness (QED) is 0.515. The summed E-state index contributed by atoms with van der Waals surface area (Å²) in [6.07, 6.45) is 12.3. The molecule has 5 aliphatic carbocycles. The molecule has 0 aromatic rings. The predicted octanol–water partition coefficient (Wildman–Crippen LogP) is 5.61. The Morgan fingerprint density at radius 3 is 2.32 bits per heavy atom. The first-order chi connectivity index (χ1) is 15.8. The molecule has 7 rings (SSSR count). The number of fused-ring (bicyclic) bond motifs is 3. The molecule has 190 valence electrons. The third-order valence-corrected chi connectivity index (χ3v) is 13.7. The molecule has 2 heterocycles. The molecule has 0 aromatic heterocycles. The average Bonchev–Trinajstić information content (AvgIpc) is 3.46. The topological polar surface area (TPSA) is 62.2 Å². The monoisotopic (exact) mass is 470 g/mol. The number of aliphatic hydroxyl groups is 2. The van der Waals surface area contributed by atoms with Gasteiger partial charge in [-0.1, -0.05) is 27.7 Å². The number of hydrogen-bond donors (Lipinski definition) is 2. The van der Waals surface area contributed by atoms with Crippen molar-refractivity contribution in [2.45, 2.75) is 129 Å². The van der Waals surface area contributed by atoms with Crippen molar-refractivity contribution in [3.63, 3.8) is 0 Å². The normalized spacial score (nSPS) is 60.2. The van der Waals surface area contributed by atoms with Crippen LogP contribution in [0.2, 0.25) is 0 Å². The van der Waals surface area contributed by atoms with Gasteiger partial charge in [-0.3, -0.25) is 0 Å². The molecule has 0 amide bonds. The van der Waals surface area contributed by atoms with Crippen molar-refractivity contribution >= 4 is 0 Å². The summed E-state index contributed by atoms with van der Waals surface area (Å²) < 4.78 is 12.1. The first-order valence-corrected chi connectivity index (χ1v) is 14.2. The molecule has 0 radical (unpaired) electrons. The lowest BCUT2D eigenvalue weighted by atomic mass is 9.37. The Morgan fingerprint density at radius 2 is 1.62 bits per heavy atom. The lowest BCUT2D eigenvalue weighted by Crippen LogP contribution is -2.66. The van der Waals surface area contributed by atoms with Crippen LogP contribution in [0.25, 0.3) is 0 Å². The molecule has 0 aromatic carbocycles. The second-order valence-corrected chi connectivity index (χ2v) is 15.3. The standard InChI is InChI=1S/C30H46O4/c1-25(2)21-14-23(32)28(6)20(27(21,5)10-9-22(25)31)8-11-29-16-30(28,29)12-7-18(29)17-13-19(33-15-17)24-26(3,4)34-24/h15,18-24,31-32H,7-14,16H2,1-6H3/t18-,19+,20+,21-,22+,23+,24-,27+,28-,29+,30+/m0/s1. The minimum Gasteiger partial charge on any atom is -0.495 e. The highest BCUT2D eigenvalue weighted by Gasteiger charge is 2.85. The SMILES string of the molecule is CC1(C)O[C@H]1[C@H]1CC([C@@H]2CC[C@]34C[C@]23CC[C@@H]2[C@@]3(C)CC[C@@H](O)C(C)(C)[C@@H]3C[C@@H](O)[C@]24C)=CO1. The van der Waals surface area contributed by atoms with Crippen LogP contribution in [0.15, 0.2) is 11.8 Å². The molecule has 2 N–H and O–H groups in total. The Balaban J connectivity index is 1.19. The van der Waals surface area contributed by atoms with Gasteiger partial charge in [-0.05, 0) is 110 Å². The van der Waals surface area contributed by atoms with Gasteiger partial charge in [0, 0.05) is 11.8 Å². The molecular weight excluding hydrogens is 424 g/mol. The van der Waals surface area contributed by atoms with E-state index in [1.807, 2.05) is 0 Å². The van der Waals surface area contributed by atoms with E-state index in [4.69, 9.17) is 9.47 Å². The van der Waals surface area contributed by atoms with E-state index in [1.54, 1.807) is 0 Å². The average molecular weight is 471 g/mol. The Hall–Kier alpha value is -0.580. The summed E-state index contributed by atoms with van der Waals surface area (Å²) in [5.41, 5.74) is 2.25. The lowest BCUT2D eigenvalue weighted by Gasteiger charge is -2.68. The van der Waals surface area contributed by atoms with Gasteiger partial charge in [-0.2, -0.15) is 0 Å². The number of ether oxygens (including phenoxy) is 2. The van der Waals surface area contributed by atoms with Crippen LogP contribution in [0, 0.1) is 44.8 Å². The number of epoxide rings is 1. The van der Waals surface area contributed by atoms with Crippen LogP contribution in [0.4, 0.5) is 0 Å². The van der Waals surface area contributed by atoms with Crippen LogP contribution in [-0.2, 0) is 9.47 Å². The Labute approximate surface area is 205 Å². The second-order valence-electron chi connectivity index (χ2n) is 15.3. The first kappa shape index (κ1) is 22.6. The molecule has 0 bridgehead atoms. The molecule has 7 aliphatic rings. The Morgan fingerprint density at radius 1 is 0.882 bits per heavy atom. The van der Waals surface area contributed by atoms with Crippen molar-refractivity contribution in [1.29, 1.82) is 0 Å². The van der Waals surface area contributed by atoms with Crippen molar-refractivity contribution in [3.8, 4) is 0 Å². The van der Waals surface area contributed by atoms with Gasteiger partial charge < -0.3 is 19.7 Å². The summed E-state index contributed by atoms with van der Waals surface area (Å²) in [7, 11) is 0. The minimum atomic E-state index is -0.261. The highest BCUT2D eigenvalue weighted by molar-refractivity contribution is 5.37. The number of rotatable bonds is 2. The number of hydrogen-bond acceptors (Lipinski definition) is 4. The summed E-state index contributed by atoms with van der Waals surface area (Å²) in [4.78, 5) is 0. The van der Waals surface area contributed by atoms with Crippen molar-refractivity contribution in [2.75, 3.05) is 0 Å². The summed E-state index contributed by atoms with van der Waals surface area (Å²) >= 11 is 0. The zero-order chi connectivity index (χ0) is 24.1. The fourth-order valence-corrected chi connectivity index (χ4v) is 11.9. The van der Waals surface area contributed by atoms with E-state index in [-0.39, 0.29) is 51.7 Å². The largest absolute Gasteiger partial charge is 0.495 e. The fraction of sp³-hybridized carbons (Fsp3) is 0.933. The second kappa shape index (κ2) is 6.27. The van der Waals surface area contributed by atoms with E-state index in [0.29, 0.717) is 23.2 Å².